The van der Waals surface area contributed by atoms with Crippen LogP contribution in [0.2, 0.25) is 0 Å². The highest BCUT2D eigenvalue weighted by Gasteiger charge is 2.24. The van der Waals surface area contributed by atoms with Crippen LogP contribution in [0.5, 0.6) is 0 Å². The molecule has 0 spiro atoms. The third-order valence-corrected chi connectivity index (χ3v) is 3.58. The molecule has 1 heterocycles. The predicted octanol–water partition coefficient (Wildman–Crippen LogP) is 1.93. The van der Waals surface area contributed by atoms with Crippen molar-refractivity contribution in [1.29, 1.82) is 0 Å². The highest BCUT2D eigenvalue weighted by atomic mass is 16.5. The number of ether oxygens (including phenoxy) is 1. The van der Waals surface area contributed by atoms with E-state index in [1.807, 2.05) is 0 Å². The van der Waals surface area contributed by atoms with Gasteiger partial charge in [0.25, 0.3) is 11.8 Å². The number of anilines is 2. The van der Waals surface area contributed by atoms with Crippen molar-refractivity contribution in [1.82, 2.24) is 5.32 Å². The molecule has 0 saturated carbocycles. The lowest BCUT2D eigenvalue weighted by atomic mass is 10.2. The smallest absolute Gasteiger partial charge is 0.329 e. The van der Waals surface area contributed by atoms with E-state index in [2.05, 4.69) is 16.0 Å². The first kappa shape index (κ1) is 20.7. The number of hydrogen-bond donors (Lipinski definition) is 3. The number of benzene rings is 1. The number of amides is 3. The lowest BCUT2D eigenvalue weighted by Gasteiger charge is -2.17. The summed E-state index contributed by atoms with van der Waals surface area (Å²) in [6.45, 7) is 4.25. The van der Waals surface area contributed by atoms with Gasteiger partial charge < -0.3 is 25.1 Å². The van der Waals surface area contributed by atoms with E-state index < -0.39 is 29.9 Å². The Morgan fingerprint density at radius 3 is 2.11 bits per heavy atom. The Morgan fingerprint density at radius 1 is 0.964 bits per heavy atom. The maximum atomic E-state index is 12.2. The normalized spacial score (nSPS) is 12.4. The molecule has 0 fully saturated rings. The van der Waals surface area contributed by atoms with E-state index in [0.29, 0.717) is 11.4 Å². The molecule has 0 aliphatic carbocycles. The molecule has 1 aromatic carbocycles. The molecule has 0 unspecified atom stereocenters. The van der Waals surface area contributed by atoms with Gasteiger partial charge in [0, 0.05) is 18.3 Å². The zero-order valence-corrected chi connectivity index (χ0v) is 15.6. The van der Waals surface area contributed by atoms with Gasteiger partial charge in [0.05, 0.1) is 6.26 Å². The Kier molecular flexibility index (Phi) is 6.91. The van der Waals surface area contributed by atoms with Gasteiger partial charge in [-0.1, -0.05) is 0 Å². The highest BCUT2D eigenvalue weighted by molar-refractivity contribution is 5.97. The average Bonchev–Trinajstić information content (AvgIpc) is 3.17. The first-order valence-corrected chi connectivity index (χ1v) is 8.49. The Morgan fingerprint density at radius 2 is 1.57 bits per heavy atom. The van der Waals surface area contributed by atoms with Crippen LogP contribution in [-0.2, 0) is 19.1 Å². The van der Waals surface area contributed by atoms with Crippen LogP contribution in [0.4, 0.5) is 11.4 Å². The summed E-state index contributed by atoms with van der Waals surface area (Å²) in [7, 11) is 0. The van der Waals surface area contributed by atoms with Crippen LogP contribution in [0, 0.1) is 0 Å². The van der Waals surface area contributed by atoms with Crippen LogP contribution in [0.15, 0.2) is 47.1 Å². The lowest BCUT2D eigenvalue weighted by Crippen LogP contribution is -2.42. The molecule has 1 aromatic heterocycles. The fourth-order valence-corrected chi connectivity index (χ4v) is 2.15. The quantitative estimate of drug-likeness (QED) is 0.623. The van der Waals surface area contributed by atoms with Crippen molar-refractivity contribution in [2.24, 2.45) is 0 Å². The van der Waals surface area contributed by atoms with E-state index in [-0.39, 0.29) is 11.7 Å². The van der Waals surface area contributed by atoms with Gasteiger partial charge in [-0.15, -0.1) is 0 Å². The standard InChI is InChI=1S/C19H21N3O6/c1-11(20-18(25)16-5-4-10-27-16)19(26)28-12(2)17(24)22-15-8-6-14(7-9-15)21-13(3)23/h4-12H,1-3H3,(H,20,25)(H,21,23)(H,22,24)/t11-,12-/m0/s1. The van der Waals surface area contributed by atoms with Gasteiger partial charge in [0.15, 0.2) is 11.9 Å². The minimum atomic E-state index is -1.08. The predicted molar refractivity (Wildman–Crippen MR) is 101 cm³/mol. The summed E-state index contributed by atoms with van der Waals surface area (Å²) in [5, 5.41) is 7.63. The van der Waals surface area contributed by atoms with Gasteiger partial charge in [-0.3, -0.25) is 14.4 Å². The molecule has 0 radical (unpaired) electrons. The van der Waals surface area contributed by atoms with Crippen LogP contribution in [0.25, 0.3) is 0 Å². The first-order valence-electron chi connectivity index (χ1n) is 8.49. The van der Waals surface area contributed by atoms with Crippen LogP contribution < -0.4 is 16.0 Å². The summed E-state index contributed by atoms with van der Waals surface area (Å²) >= 11 is 0. The van der Waals surface area contributed by atoms with Crippen molar-refractivity contribution in [2.45, 2.75) is 32.9 Å². The van der Waals surface area contributed by atoms with Gasteiger partial charge in [-0.25, -0.2) is 4.79 Å². The Labute approximate surface area is 161 Å². The second-order valence-corrected chi connectivity index (χ2v) is 6.00. The third kappa shape index (κ3) is 5.97. The fraction of sp³-hybridized carbons (Fsp3) is 0.263. The molecule has 2 aromatic rings. The molecule has 148 valence electrons. The fourth-order valence-electron chi connectivity index (χ4n) is 2.15. The van der Waals surface area contributed by atoms with Gasteiger partial charge in [0.2, 0.25) is 5.91 Å². The van der Waals surface area contributed by atoms with E-state index >= 15 is 0 Å². The maximum Gasteiger partial charge on any atom is 0.329 e. The molecule has 3 amide bonds. The second-order valence-electron chi connectivity index (χ2n) is 6.00. The van der Waals surface area contributed by atoms with E-state index in [1.165, 1.54) is 33.1 Å². The summed E-state index contributed by atoms with van der Waals surface area (Å²) in [5.41, 5.74) is 1.06. The van der Waals surface area contributed by atoms with Gasteiger partial charge >= 0.3 is 5.97 Å². The minimum Gasteiger partial charge on any atom is -0.459 e. The van der Waals surface area contributed by atoms with E-state index in [0.717, 1.165) is 0 Å². The zero-order valence-electron chi connectivity index (χ0n) is 15.6. The lowest BCUT2D eigenvalue weighted by molar-refractivity contribution is -0.154. The number of carbonyl (C=O) groups is 4. The van der Waals surface area contributed by atoms with Gasteiger partial charge in [0.1, 0.15) is 6.04 Å². The third-order valence-electron chi connectivity index (χ3n) is 3.58. The number of furan rings is 1. The Bertz CT molecular complexity index is 845. The number of nitrogens with one attached hydrogen (secondary N) is 3. The van der Waals surface area contributed by atoms with Gasteiger partial charge in [-0.05, 0) is 50.2 Å². The van der Waals surface area contributed by atoms with Crippen molar-refractivity contribution >= 4 is 35.1 Å². The van der Waals surface area contributed by atoms with Crippen molar-refractivity contribution in [2.75, 3.05) is 10.6 Å². The molecule has 28 heavy (non-hydrogen) atoms. The molecule has 0 aliphatic rings. The minimum absolute atomic E-state index is 0.0631. The molecular weight excluding hydrogens is 366 g/mol. The molecule has 0 aliphatic heterocycles. The monoisotopic (exact) mass is 387 g/mol. The molecule has 9 nitrogen and oxygen atoms in total. The summed E-state index contributed by atoms with van der Waals surface area (Å²) < 4.78 is 10.0. The molecular formula is C19H21N3O6. The summed E-state index contributed by atoms with van der Waals surface area (Å²) in [6.07, 6.45) is 0.262. The maximum absolute atomic E-state index is 12.2. The summed E-state index contributed by atoms with van der Waals surface area (Å²) in [6, 6.07) is 8.49. The number of carbonyl (C=O) groups excluding carboxylic acids is 4. The van der Waals surface area contributed by atoms with E-state index in [4.69, 9.17) is 9.15 Å². The molecule has 0 saturated heterocycles. The van der Waals surface area contributed by atoms with Crippen molar-refractivity contribution < 1.29 is 28.3 Å². The van der Waals surface area contributed by atoms with Crippen molar-refractivity contribution in [3.05, 3.63) is 48.4 Å². The number of esters is 1. The Balaban J connectivity index is 1.84. The summed E-state index contributed by atoms with van der Waals surface area (Å²) in [5.74, 6) is -2.00. The van der Waals surface area contributed by atoms with E-state index in [1.54, 1.807) is 30.3 Å². The average molecular weight is 387 g/mol. The molecule has 3 N–H and O–H groups in total. The number of hydrogen-bond acceptors (Lipinski definition) is 6. The zero-order chi connectivity index (χ0) is 20.7. The topological polar surface area (TPSA) is 127 Å². The number of rotatable bonds is 7. The Hall–Kier alpha value is -3.62. The molecule has 2 rings (SSSR count). The van der Waals surface area contributed by atoms with Crippen molar-refractivity contribution in [3.63, 3.8) is 0 Å². The molecule has 0 bridgehead atoms. The summed E-state index contributed by atoms with van der Waals surface area (Å²) in [4.78, 5) is 47.1. The van der Waals surface area contributed by atoms with Crippen molar-refractivity contribution in [3.8, 4) is 0 Å². The molecule has 9 heteroatoms. The molecule has 2 atom stereocenters. The second kappa shape index (κ2) is 9.36. The first-order chi connectivity index (χ1) is 13.3. The van der Waals surface area contributed by atoms with Crippen LogP contribution in [0.3, 0.4) is 0 Å². The largest absolute Gasteiger partial charge is 0.459 e. The highest BCUT2D eigenvalue weighted by Crippen LogP contribution is 2.14. The van der Waals surface area contributed by atoms with Gasteiger partial charge in [-0.2, -0.15) is 0 Å². The van der Waals surface area contributed by atoms with Crippen LogP contribution in [0.1, 0.15) is 31.3 Å². The van der Waals surface area contributed by atoms with Crippen LogP contribution in [-0.4, -0.2) is 35.8 Å². The van der Waals surface area contributed by atoms with E-state index in [9.17, 15) is 19.2 Å². The SMILES string of the molecule is CC(=O)Nc1ccc(NC(=O)[C@H](C)OC(=O)[C@H](C)NC(=O)c2ccco2)cc1. The van der Waals surface area contributed by atoms with Crippen LogP contribution >= 0.6 is 0 Å².